The van der Waals surface area contributed by atoms with Gasteiger partial charge in [-0.05, 0) is 12.1 Å². The highest BCUT2D eigenvalue weighted by Crippen LogP contribution is 2.18. The van der Waals surface area contributed by atoms with Gasteiger partial charge in [-0.15, -0.1) is 11.3 Å². The summed E-state index contributed by atoms with van der Waals surface area (Å²) in [5.41, 5.74) is 0. The van der Waals surface area contributed by atoms with Crippen LogP contribution in [-0.4, -0.2) is 0 Å². The molecule has 0 aliphatic carbocycles. The lowest BCUT2D eigenvalue weighted by Gasteiger charge is -2.07. The zero-order chi connectivity index (χ0) is 6.69. The molecule has 0 saturated heterocycles. The van der Waals surface area contributed by atoms with Gasteiger partial charge in [0.15, 0.2) is 0 Å². The molecule has 0 aromatic heterocycles. The Kier molecular flexibility index (Phi) is 2.10. The third-order valence-corrected chi connectivity index (χ3v) is 1.95. The lowest BCUT2D eigenvalue weighted by atomic mass is 10.4. The molecule has 0 spiro atoms. The highest BCUT2D eigenvalue weighted by Gasteiger charge is 1.89. The molecule has 0 fully saturated rings. The van der Waals surface area contributed by atoms with E-state index >= 15 is 0 Å². The van der Waals surface area contributed by atoms with Crippen molar-refractivity contribution < 1.29 is 0 Å². The van der Waals surface area contributed by atoms with Crippen LogP contribution in [0.15, 0.2) is 35.2 Å². The highest BCUT2D eigenvalue weighted by molar-refractivity contribution is 8.13. The van der Waals surface area contributed by atoms with Crippen LogP contribution < -0.4 is 10.3 Å². The minimum absolute atomic E-state index is 0.896. The SMILES string of the molecule is N[SH](N)c1ccccc1. The van der Waals surface area contributed by atoms with E-state index in [1.54, 1.807) is 0 Å². The average Bonchev–Trinajstić information content (AvgIpc) is 1.90. The van der Waals surface area contributed by atoms with Gasteiger partial charge in [-0.3, -0.25) is 10.3 Å². The van der Waals surface area contributed by atoms with Crippen LogP contribution in [0.25, 0.3) is 0 Å². The lowest BCUT2D eigenvalue weighted by Crippen LogP contribution is -2.02. The number of nitrogens with two attached hydrogens (primary N) is 2. The fourth-order valence-corrected chi connectivity index (χ4v) is 1.12. The van der Waals surface area contributed by atoms with Gasteiger partial charge >= 0.3 is 0 Å². The van der Waals surface area contributed by atoms with Crippen molar-refractivity contribution in [3.05, 3.63) is 30.3 Å². The minimum Gasteiger partial charge on any atom is -0.282 e. The van der Waals surface area contributed by atoms with Crippen LogP contribution in [0.5, 0.6) is 0 Å². The second-order valence-electron chi connectivity index (χ2n) is 1.74. The van der Waals surface area contributed by atoms with Gasteiger partial charge < -0.3 is 0 Å². The first-order valence-corrected chi connectivity index (χ1v) is 4.13. The average molecular weight is 142 g/mol. The minimum atomic E-state index is -0.896. The molecule has 4 N–H and O–H groups in total. The van der Waals surface area contributed by atoms with Gasteiger partial charge in [0, 0.05) is 4.90 Å². The Morgan fingerprint density at radius 3 is 1.89 bits per heavy atom. The van der Waals surface area contributed by atoms with Gasteiger partial charge in [-0.25, -0.2) is 0 Å². The van der Waals surface area contributed by atoms with Crippen molar-refractivity contribution in [1.82, 2.24) is 0 Å². The van der Waals surface area contributed by atoms with Crippen molar-refractivity contribution in [2.75, 3.05) is 0 Å². The maximum Gasteiger partial charge on any atom is 0.0121 e. The van der Waals surface area contributed by atoms with Crippen molar-refractivity contribution in [3.63, 3.8) is 0 Å². The van der Waals surface area contributed by atoms with Gasteiger partial charge in [-0.2, -0.15) is 0 Å². The third kappa shape index (κ3) is 1.71. The van der Waals surface area contributed by atoms with E-state index in [1.165, 1.54) is 0 Å². The van der Waals surface area contributed by atoms with Crippen LogP contribution in [0, 0.1) is 0 Å². The van der Waals surface area contributed by atoms with E-state index in [0.717, 1.165) is 4.90 Å². The van der Waals surface area contributed by atoms with E-state index in [9.17, 15) is 0 Å². The maximum absolute atomic E-state index is 5.46. The van der Waals surface area contributed by atoms with Crippen LogP contribution in [0.2, 0.25) is 0 Å². The fraction of sp³-hybridized carbons (Fsp3) is 0. The van der Waals surface area contributed by atoms with Crippen LogP contribution in [0.1, 0.15) is 0 Å². The zero-order valence-electron chi connectivity index (χ0n) is 4.99. The first kappa shape index (κ1) is 6.61. The van der Waals surface area contributed by atoms with Gasteiger partial charge in [0.25, 0.3) is 0 Å². The molecule has 0 saturated carbocycles. The number of hydrogen-bond acceptors (Lipinski definition) is 2. The van der Waals surface area contributed by atoms with Crippen LogP contribution in [0.4, 0.5) is 0 Å². The molecule has 50 valence electrons. The molecular formula is C6H10N2S. The molecule has 9 heavy (non-hydrogen) atoms. The van der Waals surface area contributed by atoms with Crippen LogP contribution in [0.3, 0.4) is 0 Å². The molecule has 0 unspecified atom stereocenters. The third-order valence-electron chi connectivity index (χ3n) is 1.05. The van der Waals surface area contributed by atoms with Gasteiger partial charge in [0.2, 0.25) is 0 Å². The smallest absolute Gasteiger partial charge is 0.0121 e. The molecule has 0 radical (unpaired) electrons. The van der Waals surface area contributed by atoms with E-state index in [-0.39, 0.29) is 0 Å². The van der Waals surface area contributed by atoms with Gasteiger partial charge in [0.1, 0.15) is 0 Å². The largest absolute Gasteiger partial charge is 0.282 e. The summed E-state index contributed by atoms with van der Waals surface area (Å²) in [7, 11) is 0. The molecule has 0 atom stereocenters. The number of benzene rings is 1. The first-order valence-electron chi connectivity index (χ1n) is 2.65. The lowest BCUT2D eigenvalue weighted by molar-refractivity contribution is 1.43. The molecule has 0 aliphatic heterocycles. The summed E-state index contributed by atoms with van der Waals surface area (Å²) in [6.07, 6.45) is 0. The maximum atomic E-state index is 5.46. The quantitative estimate of drug-likeness (QED) is 0.508. The van der Waals surface area contributed by atoms with Crippen LogP contribution in [-0.2, 0) is 0 Å². The first-order chi connectivity index (χ1) is 4.30. The van der Waals surface area contributed by atoms with E-state index in [4.69, 9.17) is 10.3 Å². The summed E-state index contributed by atoms with van der Waals surface area (Å²) in [6.45, 7) is 0. The Balaban J connectivity index is 2.85. The molecule has 0 heterocycles. The molecule has 1 aromatic carbocycles. The van der Waals surface area contributed by atoms with Crippen molar-refractivity contribution in [2.24, 2.45) is 10.3 Å². The fourth-order valence-electron chi connectivity index (χ4n) is 0.600. The van der Waals surface area contributed by atoms with E-state index in [1.807, 2.05) is 30.3 Å². The Morgan fingerprint density at radius 2 is 1.56 bits per heavy atom. The van der Waals surface area contributed by atoms with Crippen LogP contribution >= 0.6 is 11.3 Å². The van der Waals surface area contributed by atoms with Gasteiger partial charge in [-0.1, -0.05) is 18.2 Å². The zero-order valence-corrected chi connectivity index (χ0v) is 5.88. The topological polar surface area (TPSA) is 52.0 Å². The van der Waals surface area contributed by atoms with Crippen molar-refractivity contribution in [3.8, 4) is 0 Å². The molecule has 1 aromatic rings. The van der Waals surface area contributed by atoms with E-state index in [0.29, 0.717) is 0 Å². The molecule has 3 heteroatoms. The summed E-state index contributed by atoms with van der Waals surface area (Å²) in [6, 6.07) is 9.69. The normalized spacial score (nSPS) is 11.1. The number of rotatable bonds is 1. The molecule has 2 nitrogen and oxygen atoms in total. The number of hydrogen-bond donors (Lipinski definition) is 3. The molecule has 0 bridgehead atoms. The van der Waals surface area contributed by atoms with E-state index < -0.39 is 11.3 Å². The summed E-state index contributed by atoms with van der Waals surface area (Å²) in [4.78, 5) is 1.03. The Hall–Kier alpha value is -0.510. The molecule has 0 aliphatic rings. The van der Waals surface area contributed by atoms with Crippen molar-refractivity contribution in [2.45, 2.75) is 4.90 Å². The Bertz CT molecular complexity index is 174. The monoisotopic (exact) mass is 142 g/mol. The van der Waals surface area contributed by atoms with E-state index in [2.05, 4.69) is 0 Å². The summed E-state index contributed by atoms with van der Waals surface area (Å²) < 4.78 is 0. The number of thiol groups is 1. The van der Waals surface area contributed by atoms with Gasteiger partial charge in [0.05, 0.1) is 0 Å². The second kappa shape index (κ2) is 2.87. The summed E-state index contributed by atoms with van der Waals surface area (Å²) in [5.74, 6) is 0. The highest BCUT2D eigenvalue weighted by atomic mass is 32.2. The summed E-state index contributed by atoms with van der Waals surface area (Å²) in [5, 5.41) is 10.9. The second-order valence-corrected chi connectivity index (χ2v) is 3.07. The molecule has 0 amide bonds. The Morgan fingerprint density at radius 1 is 1.00 bits per heavy atom. The van der Waals surface area contributed by atoms with Crippen molar-refractivity contribution >= 4 is 11.3 Å². The molecular weight excluding hydrogens is 132 g/mol. The van der Waals surface area contributed by atoms with Crippen molar-refractivity contribution in [1.29, 1.82) is 0 Å². The molecule has 1 rings (SSSR count). The summed E-state index contributed by atoms with van der Waals surface area (Å²) >= 11 is -0.896. The predicted molar refractivity (Wildman–Crippen MR) is 42.1 cm³/mol. The standard InChI is InChI=1S/C6H10N2S/c7-9(8)6-4-2-1-3-5-6/h1-5,9H,7-8H2. The Labute approximate surface area is 57.5 Å². The predicted octanol–water partition coefficient (Wildman–Crippen LogP) is 0.794.